The van der Waals surface area contributed by atoms with Gasteiger partial charge in [0.05, 0.1) is 19.8 Å². The quantitative estimate of drug-likeness (QED) is 0.453. The van der Waals surface area contributed by atoms with Crippen LogP contribution < -0.4 is 25.4 Å². The first-order valence-corrected chi connectivity index (χ1v) is 9.92. The molecular formula is C23H27N5O3. The number of aryl methyl sites for hydroxylation is 2. The van der Waals surface area contributed by atoms with Gasteiger partial charge in [0, 0.05) is 30.5 Å². The number of carbonyl (C=O) groups excluding carboxylic acids is 1. The molecule has 0 aliphatic rings. The molecule has 31 heavy (non-hydrogen) atoms. The lowest BCUT2D eigenvalue weighted by atomic mass is 10.1. The van der Waals surface area contributed by atoms with Crippen LogP contribution in [0.1, 0.15) is 21.6 Å². The van der Waals surface area contributed by atoms with E-state index in [1.165, 1.54) is 19.8 Å². The number of nitrogens with zero attached hydrogens (tertiary/aromatic N) is 2. The first-order chi connectivity index (χ1) is 15.0. The Morgan fingerprint density at radius 3 is 2.45 bits per heavy atom. The average Bonchev–Trinajstić information content (AvgIpc) is 2.77. The van der Waals surface area contributed by atoms with Crippen molar-refractivity contribution in [1.82, 2.24) is 15.3 Å². The van der Waals surface area contributed by atoms with Crippen molar-refractivity contribution in [3.05, 3.63) is 65.4 Å². The van der Waals surface area contributed by atoms with Crippen LogP contribution in [0.25, 0.3) is 0 Å². The predicted molar refractivity (Wildman–Crippen MR) is 122 cm³/mol. The van der Waals surface area contributed by atoms with E-state index in [1.807, 2.05) is 44.2 Å². The molecule has 0 aliphatic heterocycles. The van der Waals surface area contributed by atoms with Gasteiger partial charge in [0.1, 0.15) is 5.82 Å². The van der Waals surface area contributed by atoms with E-state index in [-0.39, 0.29) is 5.91 Å². The maximum Gasteiger partial charge on any atom is 0.255 e. The zero-order valence-corrected chi connectivity index (χ0v) is 18.2. The Morgan fingerprint density at radius 1 is 0.968 bits per heavy atom. The number of methoxy groups -OCH3 is 2. The third-order valence-corrected chi connectivity index (χ3v) is 4.52. The molecule has 1 aromatic heterocycles. The third-order valence-electron chi connectivity index (χ3n) is 4.52. The fourth-order valence-corrected chi connectivity index (χ4v) is 3.01. The van der Waals surface area contributed by atoms with Crippen LogP contribution in [0.15, 0.2) is 48.5 Å². The second kappa shape index (κ2) is 10.3. The number of ether oxygens (including phenoxy) is 2. The van der Waals surface area contributed by atoms with Gasteiger partial charge >= 0.3 is 0 Å². The van der Waals surface area contributed by atoms with Crippen molar-refractivity contribution in [3.63, 3.8) is 0 Å². The van der Waals surface area contributed by atoms with Gasteiger partial charge in [-0.25, -0.2) is 4.98 Å². The summed E-state index contributed by atoms with van der Waals surface area (Å²) >= 11 is 0. The van der Waals surface area contributed by atoms with E-state index in [9.17, 15) is 4.79 Å². The van der Waals surface area contributed by atoms with Gasteiger partial charge in [-0.3, -0.25) is 4.79 Å². The molecule has 0 saturated heterocycles. The lowest BCUT2D eigenvalue weighted by Crippen LogP contribution is -2.29. The van der Waals surface area contributed by atoms with Crippen molar-refractivity contribution in [2.24, 2.45) is 0 Å². The van der Waals surface area contributed by atoms with Gasteiger partial charge in [-0.1, -0.05) is 23.8 Å². The first kappa shape index (κ1) is 21.9. The third kappa shape index (κ3) is 5.85. The molecule has 8 heteroatoms. The topological polar surface area (TPSA) is 97.4 Å². The zero-order valence-electron chi connectivity index (χ0n) is 18.2. The minimum Gasteiger partial charge on any atom is -0.493 e. The van der Waals surface area contributed by atoms with Crippen LogP contribution in [0.4, 0.5) is 17.5 Å². The number of hydrogen-bond donors (Lipinski definition) is 3. The van der Waals surface area contributed by atoms with Gasteiger partial charge in [0.15, 0.2) is 11.5 Å². The van der Waals surface area contributed by atoms with Crippen LogP contribution in [0, 0.1) is 13.8 Å². The van der Waals surface area contributed by atoms with E-state index in [0.717, 1.165) is 11.4 Å². The Labute approximate surface area is 182 Å². The van der Waals surface area contributed by atoms with Crippen LogP contribution >= 0.6 is 0 Å². The minimum absolute atomic E-state index is 0.246. The Kier molecular flexibility index (Phi) is 7.26. The number of nitrogens with one attached hydrogen (secondary N) is 3. The van der Waals surface area contributed by atoms with Crippen molar-refractivity contribution in [2.75, 3.05) is 37.9 Å². The number of benzene rings is 2. The van der Waals surface area contributed by atoms with Crippen molar-refractivity contribution < 1.29 is 14.3 Å². The second-order valence-electron chi connectivity index (χ2n) is 6.93. The Morgan fingerprint density at radius 2 is 1.74 bits per heavy atom. The maximum atomic E-state index is 12.5. The van der Waals surface area contributed by atoms with Gasteiger partial charge in [0.25, 0.3) is 5.91 Å². The Hall–Kier alpha value is -3.81. The molecule has 8 nitrogen and oxygen atoms in total. The number of amides is 1. The highest BCUT2D eigenvalue weighted by Gasteiger charge is 2.15. The fraction of sp³-hybridized carbons (Fsp3) is 0.261. The molecule has 162 valence electrons. The molecule has 0 bridgehead atoms. The highest BCUT2D eigenvalue weighted by atomic mass is 16.5. The predicted octanol–water partition coefficient (Wildman–Crippen LogP) is 3.70. The molecule has 0 radical (unpaired) electrons. The minimum atomic E-state index is -0.246. The monoisotopic (exact) mass is 421 g/mol. The molecule has 0 aliphatic carbocycles. The first-order valence-electron chi connectivity index (χ1n) is 9.92. The largest absolute Gasteiger partial charge is 0.493 e. The van der Waals surface area contributed by atoms with E-state index in [1.54, 1.807) is 18.2 Å². The van der Waals surface area contributed by atoms with E-state index >= 15 is 0 Å². The second-order valence-corrected chi connectivity index (χ2v) is 6.93. The SMILES string of the molecule is COc1cccc(C(=O)NCCNc2nc(C)cc(Nc3ccc(C)cc3)n2)c1OC. The zero-order chi connectivity index (χ0) is 22.2. The van der Waals surface area contributed by atoms with Crippen molar-refractivity contribution in [2.45, 2.75) is 13.8 Å². The lowest BCUT2D eigenvalue weighted by molar-refractivity contribution is 0.0951. The van der Waals surface area contributed by atoms with Gasteiger partial charge < -0.3 is 25.4 Å². The summed E-state index contributed by atoms with van der Waals surface area (Å²) < 4.78 is 10.6. The highest BCUT2D eigenvalue weighted by molar-refractivity contribution is 5.97. The molecule has 2 aromatic carbocycles. The molecule has 3 N–H and O–H groups in total. The molecule has 3 rings (SSSR count). The maximum absolute atomic E-state index is 12.5. The van der Waals surface area contributed by atoms with E-state index in [4.69, 9.17) is 9.47 Å². The van der Waals surface area contributed by atoms with Gasteiger partial charge in [-0.05, 0) is 38.1 Å². The standard InChI is InChI=1S/C23H27N5O3/c1-15-8-10-17(11-9-15)27-20-14-16(2)26-23(28-20)25-13-12-24-22(29)18-6-5-7-19(30-3)21(18)31-4/h5-11,14H,12-13H2,1-4H3,(H,24,29)(H2,25,26,27,28). The van der Waals surface area contributed by atoms with Gasteiger partial charge in [-0.2, -0.15) is 4.98 Å². The molecule has 3 aromatic rings. The summed E-state index contributed by atoms with van der Waals surface area (Å²) in [6, 6.07) is 15.1. The van der Waals surface area contributed by atoms with Crippen molar-refractivity contribution in [1.29, 1.82) is 0 Å². The lowest BCUT2D eigenvalue weighted by Gasteiger charge is -2.13. The summed E-state index contributed by atoms with van der Waals surface area (Å²) in [7, 11) is 3.04. The summed E-state index contributed by atoms with van der Waals surface area (Å²) in [4.78, 5) is 21.4. The van der Waals surface area contributed by atoms with Crippen LogP contribution in [-0.4, -0.2) is 43.2 Å². The number of carbonyl (C=O) groups is 1. The summed E-state index contributed by atoms with van der Waals surface area (Å²) in [5.74, 6) is 1.86. The van der Waals surface area contributed by atoms with Crippen LogP contribution in [0.2, 0.25) is 0 Å². The summed E-state index contributed by atoms with van der Waals surface area (Å²) in [5.41, 5.74) is 3.39. The number of rotatable bonds is 9. The molecule has 0 atom stereocenters. The summed E-state index contributed by atoms with van der Waals surface area (Å²) in [6.45, 7) is 4.80. The molecule has 0 fully saturated rings. The Bertz CT molecular complexity index is 1040. The number of anilines is 3. The number of para-hydroxylation sites is 1. The van der Waals surface area contributed by atoms with Crippen molar-refractivity contribution >= 4 is 23.4 Å². The van der Waals surface area contributed by atoms with Crippen LogP contribution in [-0.2, 0) is 0 Å². The molecule has 0 saturated carbocycles. The molecule has 1 heterocycles. The number of aromatic nitrogens is 2. The van der Waals surface area contributed by atoms with E-state index in [2.05, 4.69) is 25.9 Å². The summed E-state index contributed by atoms with van der Waals surface area (Å²) in [6.07, 6.45) is 0. The van der Waals surface area contributed by atoms with Crippen molar-refractivity contribution in [3.8, 4) is 11.5 Å². The fourth-order valence-electron chi connectivity index (χ4n) is 3.01. The van der Waals surface area contributed by atoms with Gasteiger partial charge in [0.2, 0.25) is 5.95 Å². The molecule has 0 spiro atoms. The molecular weight excluding hydrogens is 394 g/mol. The Balaban J connectivity index is 1.56. The van der Waals surface area contributed by atoms with Crippen LogP contribution in [0.5, 0.6) is 11.5 Å². The normalized spacial score (nSPS) is 10.3. The molecule has 1 amide bonds. The van der Waals surface area contributed by atoms with Gasteiger partial charge in [-0.15, -0.1) is 0 Å². The van der Waals surface area contributed by atoms with E-state index < -0.39 is 0 Å². The number of hydrogen-bond acceptors (Lipinski definition) is 7. The summed E-state index contributed by atoms with van der Waals surface area (Å²) in [5, 5.41) is 9.29. The molecule has 0 unspecified atom stereocenters. The van der Waals surface area contributed by atoms with E-state index in [0.29, 0.717) is 41.9 Å². The van der Waals surface area contributed by atoms with Crippen LogP contribution in [0.3, 0.4) is 0 Å². The average molecular weight is 422 g/mol. The highest BCUT2D eigenvalue weighted by Crippen LogP contribution is 2.30. The smallest absolute Gasteiger partial charge is 0.255 e.